The Bertz CT molecular complexity index is 476. The van der Waals surface area contributed by atoms with Gasteiger partial charge in [0.15, 0.2) is 0 Å². The topological polar surface area (TPSA) is 24.9 Å². The Balaban J connectivity index is 2.16. The number of fused-ring (bicyclic) bond motifs is 1. The van der Waals surface area contributed by atoms with Crippen LogP contribution < -0.4 is 5.32 Å². The maximum absolute atomic E-state index is 4.50. The van der Waals surface area contributed by atoms with E-state index in [0.717, 1.165) is 17.9 Å². The first-order valence-electron chi connectivity index (χ1n) is 6.21. The maximum atomic E-state index is 4.50. The smallest absolute Gasteiger partial charge is 0.0843 e. The van der Waals surface area contributed by atoms with Gasteiger partial charge in [-0.1, -0.05) is 32.0 Å². The van der Waals surface area contributed by atoms with Gasteiger partial charge in [0.25, 0.3) is 0 Å². The van der Waals surface area contributed by atoms with Crippen molar-refractivity contribution < 1.29 is 0 Å². The molecule has 0 spiro atoms. The van der Waals surface area contributed by atoms with Crippen LogP contribution >= 0.6 is 11.5 Å². The van der Waals surface area contributed by atoms with Gasteiger partial charge in [-0.05, 0) is 43.4 Å². The molecule has 0 saturated carbocycles. The van der Waals surface area contributed by atoms with Crippen LogP contribution in [-0.2, 0) is 6.42 Å². The lowest BCUT2D eigenvalue weighted by atomic mass is 9.99. The Morgan fingerprint density at radius 3 is 2.76 bits per heavy atom. The molecule has 3 heteroatoms. The van der Waals surface area contributed by atoms with Crippen LogP contribution in [0.4, 0.5) is 0 Å². The lowest BCUT2D eigenvalue weighted by Crippen LogP contribution is -2.28. The number of hydrogen-bond acceptors (Lipinski definition) is 3. The van der Waals surface area contributed by atoms with E-state index in [9.17, 15) is 0 Å². The van der Waals surface area contributed by atoms with Gasteiger partial charge in [-0.15, -0.1) is 0 Å². The molecule has 0 radical (unpaired) electrons. The largest absolute Gasteiger partial charge is 0.317 e. The minimum absolute atomic E-state index is 0.554. The summed E-state index contributed by atoms with van der Waals surface area (Å²) in [7, 11) is 2.05. The summed E-state index contributed by atoms with van der Waals surface area (Å²) in [5.41, 5.74) is 1.13. The highest BCUT2D eigenvalue weighted by Gasteiger charge is 2.13. The molecule has 0 aliphatic heterocycles. The molecule has 0 fully saturated rings. The summed E-state index contributed by atoms with van der Waals surface area (Å²) >= 11 is 1.64. The molecular weight excluding hydrogens is 228 g/mol. The third-order valence-corrected chi connectivity index (χ3v) is 3.95. The molecule has 1 aromatic heterocycles. The number of rotatable bonds is 5. The molecule has 0 aliphatic carbocycles. The van der Waals surface area contributed by atoms with E-state index >= 15 is 0 Å². The van der Waals surface area contributed by atoms with Crippen molar-refractivity contribution in [1.29, 1.82) is 0 Å². The van der Waals surface area contributed by atoms with E-state index in [1.54, 1.807) is 11.5 Å². The van der Waals surface area contributed by atoms with Crippen LogP contribution in [0.2, 0.25) is 0 Å². The maximum Gasteiger partial charge on any atom is 0.0843 e. The number of benzene rings is 1. The van der Waals surface area contributed by atoms with E-state index in [1.165, 1.54) is 16.7 Å². The zero-order valence-electron chi connectivity index (χ0n) is 10.7. The van der Waals surface area contributed by atoms with Crippen molar-refractivity contribution in [2.24, 2.45) is 5.92 Å². The third kappa shape index (κ3) is 3.05. The van der Waals surface area contributed by atoms with Gasteiger partial charge in [0.1, 0.15) is 0 Å². The molecule has 2 nitrogen and oxygen atoms in total. The molecule has 1 unspecified atom stereocenters. The van der Waals surface area contributed by atoms with Crippen molar-refractivity contribution in [3.63, 3.8) is 0 Å². The Hall–Kier alpha value is -0.930. The lowest BCUT2D eigenvalue weighted by molar-refractivity contribution is 0.443. The van der Waals surface area contributed by atoms with Crippen LogP contribution in [0.5, 0.6) is 0 Å². The highest BCUT2D eigenvalue weighted by molar-refractivity contribution is 7.07. The Morgan fingerprint density at radius 2 is 2.06 bits per heavy atom. The summed E-state index contributed by atoms with van der Waals surface area (Å²) in [6.07, 6.45) is 2.29. The molecule has 1 heterocycles. The highest BCUT2D eigenvalue weighted by Crippen LogP contribution is 2.24. The molecule has 92 valence electrons. The summed E-state index contributed by atoms with van der Waals surface area (Å²) < 4.78 is 4.50. The number of aromatic nitrogens is 1. The summed E-state index contributed by atoms with van der Waals surface area (Å²) in [6, 6.07) is 8.97. The lowest BCUT2D eigenvalue weighted by Gasteiger charge is -2.17. The zero-order chi connectivity index (χ0) is 12.3. The highest BCUT2D eigenvalue weighted by atomic mass is 32.1. The van der Waals surface area contributed by atoms with E-state index in [1.807, 2.05) is 0 Å². The van der Waals surface area contributed by atoms with Gasteiger partial charge in [-0.2, -0.15) is 4.37 Å². The van der Waals surface area contributed by atoms with E-state index in [4.69, 9.17) is 0 Å². The summed E-state index contributed by atoms with van der Waals surface area (Å²) in [4.78, 5) is 1.40. The fraction of sp³-hybridized carbons (Fsp3) is 0.500. The predicted molar refractivity (Wildman–Crippen MR) is 75.6 cm³/mol. The summed E-state index contributed by atoms with van der Waals surface area (Å²) in [5, 5.41) is 4.74. The molecule has 0 saturated heterocycles. The number of hydrogen-bond donors (Lipinski definition) is 1. The van der Waals surface area contributed by atoms with Crippen molar-refractivity contribution in [2.45, 2.75) is 32.7 Å². The van der Waals surface area contributed by atoms with E-state index < -0.39 is 0 Å². The average molecular weight is 248 g/mol. The standard InChI is InChI=1S/C14H20N2S/c1-10(2)8-11(15-3)9-14-12-6-4-5-7-13(12)16-17-14/h4-7,10-11,15H,8-9H2,1-3H3. The summed E-state index contributed by atoms with van der Waals surface area (Å²) in [6.45, 7) is 4.55. The van der Waals surface area contributed by atoms with Gasteiger partial charge < -0.3 is 5.32 Å². The SMILES string of the molecule is CNC(Cc1snc2ccccc12)CC(C)C. The van der Waals surface area contributed by atoms with Gasteiger partial charge in [-0.25, -0.2) is 0 Å². The van der Waals surface area contributed by atoms with Crippen LogP contribution in [0.15, 0.2) is 24.3 Å². The van der Waals surface area contributed by atoms with E-state index in [0.29, 0.717) is 6.04 Å². The fourth-order valence-electron chi connectivity index (χ4n) is 2.19. The van der Waals surface area contributed by atoms with Gasteiger partial charge in [0.05, 0.1) is 5.52 Å². The molecule has 0 bridgehead atoms. The average Bonchev–Trinajstić information content (AvgIpc) is 2.71. The number of likely N-dealkylation sites (N-methyl/N-ethyl adjacent to an activating group) is 1. The van der Waals surface area contributed by atoms with Gasteiger partial charge >= 0.3 is 0 Å². The van der Waals surface area contributed by atoms with Crippen molar-refractivity contribution in [3.8, 4) is 0 Å². The molecule has 1 aromatic carbocycles. The van der Waals surface area contributed by atoms with Crippen molar-refractivity contribution in [1.82, 2.24) is 9.69 Å². The Morgan fingerprint density at radius 1 is 1.29 bits per heavy atom. The number of nitrogens with zero attached hydrogens (tertiary/aromatic N) is 1. The molecule has 17 heavy (non-hydrogen) atoms. The minimum Gasteiger partial charge on any atom is -0.317 e. The molecule has 0 aliphatic rings. The Labute approximate surface area is 107 Å². The van der Waals surface area contributed by atoms with Crippen LogP contribution in [0.3, 0.4) is 0 Å². The van der Waals surface area contributed by atoms with Crippen LogP contribution in [0, 0.1) is 5.92 Å². The first kappa shape index (κ1) is 12.5. The zero-order valence-corrected chi connectivity index (χ0v) is 11.6. The molecule has 1 atom stereocenters. The van der Waals surface area contributed by atoms with Crippen LogP contribution in [-0.4, -0.2) is 17.5 Å². The Kier molecular flexibility index (Phi) is 4.13. The van der Waals surface area contributed by atoms with Gasteiger partial charge in [0.2, 0.25) is 0 Å². The molecule has 1 N–H and O–H groups in total. The van der Waals surface area contributed by atoms with Crippen LogP contribution in [0.1, 0.15) is 25.1 Å². The van der Waals surface area contributed by atoms with E-state index in [2.05, 4.69) is 54.9 Å². The second kappa shape index (κ2) is 5.61. The molecular formula is C14H20N2S. The first-order chi connectivity index (χ1) is 8.20. The molecule has 2 rings (SSSR count). The molecule has 0 amide bonds. The van der Waals surface area contributed by atoms with Gasteiger partial charge in [-0.3, -0.25) is 0 Å². The van der Waals surface area contributed by atoms with E-state index in [-0.39, 0.29) is 0 Å². The van der Waals surface area contributed by atoms with Crippen molar-refractivity contribution >= 4 is 22.4 Å². The van der Waals surface area contributed by atoms with Crippen LogP contribution in [0.25, 0.3) is 10.9 Å². The fourth-order valence-corrected chi connectivity index (χ4v) is 3.10. The first-order valence-corrected chi connectivity index (χ1v) is 6.98. The normalized spacial score (nSPS) is 13.4. The van der Waals surface area contributed by atoms with Crippen molar-refractivity contribution in [2.75, 3.05) is 7.05 Å². The minimum atomic E-state index is 0.554. The number of nitrogens with one attached hydrogen (secondary N) is 1. The second-order valence-electron chi connectivity index (χ2n) is 4.94. The molecule has 2 aromatic rings. The predicted octanol–water partition coefficient (Wildman–Crippen LogP) is 3.47. The quantitative estimate of drug-likeness (QED) is 0.876. The summed E-state index contributed by atoms with van der Waals surface area (Å²) in [5.74, 6) is 0.728. The second-order valence-corrected chi connectivity index (χ2v) is 5.80. The van der Waals surface area contributed by atoms with Gasteiger partial charge in [0, 0.05) is 16.3 Å². The third-order valence-electron chi connectivity index (χ3n) is 3.05. The van der Waals surface area contributed by atoms with Crippen molar-refractivity contribution in [3.05, 3.63) is 29.1 Å². The monoisotopic (exact) mass is 248 g/mol.